The first kappa shape index (κ1) is 16.5. The normalized spacial score (nSPS) is 23.2. The lowest BCUT2D eigenvalue weighted by molar-refractivity contribution is 0.199. The minimum atomic E-state index is 0.0339. The monoisotopic (exact) mass is 341 g/mol. The van der Waals surface area contributed by atoms with Crippen LogP contribution in [-0.2, 0) is 6.54 Å². The van der Waals surface area contributed by atoms with Crippen molar-refractivity contribution in [3.8, 4) is 5.75 Å². The first-order valence-electron chi connectivity index (χ1n) is 9.42. The number of benzene rings is 1. The summed E-state index contributed by atoms with van der Waals surface area (Å²) in [7, 11) is 0. The van der Waals surface area contributed by atoms with Gasteiger partial charge in [0, 0.05) is 44.3 Å². The average Bonchev–Trinajstić information content (AvgIpc) is 3.11. The van der Waals surface area contributed by atoms with Crippen LogP contribution in [0.4, 0.5) is 4.79 Å². The van der Waals surface area contributed by atoms with Crippen molar-refractivity contribution in [1.29, 1.82) is 0 Å². The van der Waals surface area contributed by atoms with Gasteiger partial charge in [-0.15, -0.1) is 0 Å². The number of hydrogen-bond acceptors (Lipinski definition) is 3. The van der Waals surface area contributed by atoms with Crippen LogP contribution in [0.3, 0.4) is 0 Å². The van der Waals surface area contributed by atoms with E-state index in [1.807, 2.05) is 29.2 Å². The topological polar surface area (TPSA) is 44.8 Å². The zero-order valence-corrected chi connectivity index (χ0v) is 14.7. The van der Waals surface area contributed by atoms with E-state index >= 15 is 0 Å². The van der Waals surface area contributed by atoms with E-state index in [0.29, 0.717) is 12.6 Å². The number of hydrogen-bond donors (Lipinski definition) is 1. The predicted octanol–water partition coefficient (Wildman–Crippen LogP) is 2.63. The molecule has 0 bridgehead atoms. The van der Waals surface area contributed by atoms with Gasteiger partial charge in [0.2, 0.25) is 0 Å². The Morgan fingerprint density at radius 2 is 1.96 bits per heavy atom. The Morgan fingerprint density at radius 1 is 1.16 bits per heavy atom. The summed E-state index contributed by atoms with van der Waals surface area (Å²) in [5, 5.41) is 3.07. The summed E-state index contributed by atoms with van der Waals surface area (Å²) in [5.41, 5.74) is 1.05. The maximum absolute atomic E-state index is 12.5. The van der Waals surface area contributed by atoms with Gasteiger partial charge in [0.1, 0.15) is 5.75 Å². The second-order valence-corrected chi connectivity index (χ2v) is 7.33. The Morgan fingerprint density at radius 3 is 2.76 bits per heavy atom. The number of carbonyl (C=O) groups is 1. The molecule has 5 heteroatoms. The Kier molecular flexibility index (Phi) is 4.92. The first-order chi connectivity index (χ1) is 12.3. The molecule has 4 rings (SSSR count). The molecule has 1 aliphatic carbocycles. The van der Waals surface area contributed by atoms with E-state index in [9.17, 15) is 4.79 Å². The largest absolute Gasteiger partial charge is 0.493 e. The standard InChI is InChI=1S/C20H27N3O2/c24-20(23-12-9-18(14-23)22-10-3-4-11-22)21-13-17-5-1-2-6-19(17)25-15-16-7-8-16/h1-6,16,18H,7-15H2,(H,21,24)/t18-/m1/s1. The highest BCUT2D eigenvalue weighted by atomic mass is 16.5. The van der Waals surface area contributed by atoms with E-state index in [-0.39, 0.29) is 6.03 Å². The van der Waals surface area contributed by atoms with Crippen LogP contribution < -0.4 is 10.1 Å². The van der Waals surface area contributed by atoms with Crippen LogP contribution in [0.2, 0.25) is 0 Å². The van der Waals surface area contributed by atoms with Crippen LogP contribution in [0, 0.1) is 5.92 Å². The predicted molar refractivity (Wildman–Crippen MR) is 97.6 cm³/mol. The van der Waals surface area contributed by atoms with E-state index in [1.54, 1.807) is 0 Å². The minimum Gasteiger partial charge on any atom is -0.493 e. The number of ether oxygens (including phenoxy) is 1. The third-order valence-electron chi connectivity index (χ3n) is 5.39. The molecule has 0 radical (unpaired) electrons. The highest BCUT2D eigenvalue weighted by molar-refractivity contribution is 5.74. The number of nitrogens with zero attached hydrogens (tertiary/aromatic N) is 2. The first-order valence-corrected chi connectivity index (χ1v) is 9.42. The van der Waals surface area contributed by atoms with Crippen LogP contribution in [-0.4, -0.2) is 54.7 Å². The zero-order valence-electron chi connectivity index (χ0n) is 14.7. The fourth-order valence-corrected chi connectivity index (χ4v) is 3.58. The molecule has 0 aromatic heterocycles. The molecule has 1 saturated heterocycles. The number of amides is 2. The molecule has 25 heavy (non-hydrogen) atoms. The van der Waals surface area contributed by atoms with E-state index in [0.717, 1.165) is 56.4 Å². The quantitative estimate of drug-likeness (QED) is 0.809. The molecule has 2 amide bonds. The molecule has 0 spiro atoms. The molecule has 134 valence electrons. The van der Waals surface area contributed by atoms with Crippen LogP contribution in [0.25, 0.3) is 0 Å². The average molecular weight is 341 g/mol. The Hall–Kier alpha value is -2.01. The number of rotatable bonds is 6. The van der Waals surface area contributed by atoms with Crippen molar-refractivity contribution >= 4 is 6.03 Å². The van der Waals surface area contributed by atoms with Crippen LogP contribution >= 0.6 is 0 Å². The Balaban J connectivity index is 1.27. The molecule has 1 atom stereocenters. The number of carbonyl (C=O) groups excluding carboxylic acids is 1. The van der Waals surface area contributed by atoms with Crippen molar-refractivity contribution in [3.05, 3.63) is 42.0 Å². The van der Waals surface area contributed by atoms with Crippen molar-refractivity contribution in [2.24, 2.45) is 5.92 Å². The summed E-state index contributed by atoms with van der Waals surface area (Å²) in [5.74, 6) is 1.63. The van der Waals surface area contributed by atoms with Gasteiger partial charge in [0.05, 0.1) is 6.61 Å². The highest BCUT2D eigenvalue weighted by Crippen LogP contribution is 2.30. The summed E-state index contributed by atoms with van der Waals surface area (Å²) in [6.07, 6.45) is 8.04. The highest BCUT2D eigenvalue weighted by Gasteiger charge is 2.30. The number of urea groups is 1. The lowest BCUT2D eigenvalue weighted by Crippen LogP contribution is -2.41. The maximum atomic E-state index is 12.5. The zero-order chi connectivity index (χ0) is 17.1. The van der Waals surface area contributed by atoms with E-state index in [1.165, 1.54) is 12.8 Å². The van der Waals surface area contributed by atoms with Crippen LogP contribution in [0.5, 0.6) is 5.75 Å². The fraction of sp³-hybridized carbons (Fsp3) is 0.550. The Bertz CT molecular complexity index is 634. The van der Waals surface area contributed by atoms with Crippen molar-refractivity contribution in [3.63, 3.8) is 0 Å². The van der Waals surface area contributed by atoms with Gasteiger partial charge in [0.15, 0.2) is 0 Å². The smallest absolute Gasteiger partial charge is 0.317 e. The molecule has 5 nitrogen and oxygen atoms in total. The lowest BCUT2D eigenvalue weighted by atomic mass is 10.2. The van der Waals surface area contributed by atoms with Gasteiger partial charge in [-0.05, 0) is 31.2 Å². The van der Waals surface area contributed by atoms with Gasteiger partial charge < -0.3 is 15.0 Å². The molecule has 1 saturated carbocycles. The van der Waals surface area contributed by atoms with Crippen molar-refractivity contribution < 1.29 is 9.53 Å². The van der Waals surface area contributed by atoms with E-state index in [2.05, 4.69) is 22.4 Å². The molecular formula is C20H27N3O2. The molecule has 0 unspecified atom stereocenters. The second kappa shape index (κ2) is 7.48. The summed E-state index contributed by atoms with van der Waals surface area (Å²) in [6.45, 7) is 5.02. The van der Waals surface area contributed by atoms with Crippen molar-refractivity contribution in [2.45, 2.75) is 31.8 Å². The summed E-state index contributed by atoms with van der Waals surface area (Å²) in [4.78, 5) is 16.9. The van der Waals surface area contributed by atoms with Crippen molar-refractivity contribution in [2.75, 3.05) is 32.8 Å². The molecule has 1 aromatic carbocycles. The van der Waals surface area contributed by atoms with E-state index < -0.39 is 0 Å². The van der Waals surface area contributed by atoms with Gasteiger partial charge in [-0.25, -0.2) is 4.79 Å². The molecule has 1 aromatic rings. The molecule has 2 heterocycles. The SMILES string of the molecule is O=C(NCc1ccccc1OCC1CC1)N1CC[C@@H](N2CC=CC2)C1. The summed E-state index contributed by atoms with van der Waals surface area (Å²) >= 11 is 0. The lowest BCUT2D eigenvalue weighted by Gasteiger charge is -2.24. The van der Waals surface area contributed by atoms with Crippen LogP contribution in [0.15, 0.2) is 36.4 Å². The fourth-order valence-electron chi connectivity index (χ4n) is 3.58. The molecule has 3 aliphatic rings. The van der Waals surface area contributed by atoms with Gasteiger partial charge >= 0.3 is 6.03 Å². The van der Waals surface area contributed by atoms with Gasteiger partial charge in [-0.3, -0.25) is 4.90 Å². The van der Waals surface area contributed by atoms with Crippen molar-refractivity contribution in [1.82, 2.24) is 15.1 Å². The Labute approximate surface area is 149 Å². The second-order valence-electron chi connectivity index (χ2n) is 7.33. The minimum absolute atomic E-state index is 0.0339. The van der Waals surface area contributed by atoms with E-state index in [4.69, 9.17) is 4.74 Å². The third kappa shape index (κ3) is 4.15. The number of likely N-dealkylation sites (tertiary alicyclic amines) is 1. The number of para-hydroxylation sites is 1. The molecule has 2 fully saturated rings. The van der Waals surface area contributed by atoms with Crippen LogP contribution in [0.1, 0.15) is 24.8 Å². The summed E-state index contributed by atoms with van der Waals surface area (Å²) in [6, 6.07) is 8.54. The maximum Gasteiger partial charge on any atom is 0.317 e. The number of nitrogens with one attached hydrogen (secondary N) is 1. The third-order valence-corrected chi connectivity index (χ3v) is 5.39. The molecular weight excluding hydrogens is 314 g/mol. The molecule has 1 N–H and O–H groups in total. The van der Waals surface area contributed by atoms with Gasteiger partial charge in [-0.1, -0.05) is 30.4 Å². The molecule has 2 aliphatic heterocycles. The van der Waals surface area contributed by atoms with Gasteiger partial charge in [0.25, 0.3) is 0 Å². The summed E-state index contributed by atoms with van der Waals surface area (Å²) < 4.78 is 5.92. The van der Waals surface area contributed by atoms with Gasteiger partial charge in [-0.2, -0.15) is 0 Å².